The predicted molar refractivity (Wildman–Crippen MR) is 114 cm³/mol. The van der Waals surface area contributed by atoms with Crippen LogP contribution in [0.2, 0.25) is 0 Å². The molecule has 30 heavy (non-hydrogen) atoms. The number of esters is 1. The third-order valence-electron chi connectivity index (χ3n) is 5.19. The highest BCUT2D eigenvalue weighted by atomic mass is 35.5. The summed E-state index contributed by atoms with van der Waals surface area (Å²) in [6, 6.07) is 4.39. The third kappa shape index (κ3) is 4.19. The number of halogens is 1. The number of sulfonamides is 1. The Kier molecular flexibility index (Phi) is 6.18. The average Bonchev–Trinajstić information content (AvgIpc) is 2.73. The number of aromatic nitrogens is 1. The molecule has 1 saturated heterocycles. The van der Waals surface area contributed by atoms with Crippen LogP contribution in [0.25, 0.3) is 10.8 Å². The van der Waals surface area contributed by atoms with Crippen molar-refractivity contribution in [3.05, 3.63) is 30.6 Å². The molecule has 1 aliphatic heterocycles. The Morgan fingerprint density at radius 2 is 2.03 bits per heavy atom. The number of methoxy groups -OCH3 is 1. The maximum absolute atomic E-state index is 13.1. The highest BCUT2D eigenvalue weighted by Crippen LogP contribution is 2.30. The first-order chi connectivity index (χ1) is 14.1. The van der Waals surface area contributed by atoms with E-state index in [0.717, 1.165) is 4.42 Å². The van der Waals surface area contributed by atoms with Gasteiger partial charge in [-0.1, -0.05) is 6.07 Å². The number of carbonyl (C=O) groups excluding carboxylic acids is 1. The molecule has 162 valence electrons. The van der Waals surface area contributed by atoms with Crippen LogP contribution in [0.3, 0.4) is 0 Å². The summed E-state index contributed by atoms with van der Waals surface area (Å²) in [6.45, 7) is 1.11. The van der Waals surface area contributed by atoms with Crippen molar-refractivity contribution in [1.82, 2.24) is 14.6 Å². The van der Waals surface area contributed by atoms with Crippen molar-refractivity contribution < 1.29 is 17.9 Å². The second-order valence-electron chi connectivity index (χ2n) is 7.19. The average molecular weight is 455 g/mol. The predicted octanol–water partition coefficient (Wildman–Crippen LogP) is 1.00. The zero-order chi connectivity index (χ0) is 22.1. The Labute approximate surface area is 179 Å². The van der Waals surface area contributed by atoms with Crippen LogP contribution in [0.5, 0.6) is 0 Å². The van der Waals surface area contributed by atoms with Crippen LogP contribution >= 0.6 is 11.8 Å². The number of nitrogens with two attached hydrogens (primary N) is 1. The molecule has 0 saturated carbocycles. The van der Waals surface area contributed by atoms with E-state index in [2.05, 4.69) is 9.71 Å². The van der Waals surface area contributed by atoms with E-state index in [4.69, 9.17) is 27.7 Å². The van der Waals surface area contributed by atoms with Gasteiger partial charge in [-0.2, -0.15) is 4.72 Å². The smallest absolute Gasteiger partial charge is 0.327 e. The van der Waals surface area contributed by atoms with E-state index >= 15 is 0 Å². The Balaban J connectivity index is 1.99. The maximum Gasteiger partial charge on any atom is 0.327 e. The molecule has 2 heterocycles. The number of nitrogens with one attached hydrogen (secondary N) is 2. The lowest BCUT2D eigenvalue weighted by molar-refractivity contribution is -0.149. The minimum absolute atomic E-state index is 0.0277. The van der Waals surface area contributed by atoms with E-state index in [9.17, 15) is 13.2 Å². The van der Waals surface area contributed by atoms with E-state index in [0.29, 0.717) is 42.4 Å². The molecular formula is C18H23ClN6O4S. The fraction of sp³-hybridized carbons (Fsp3) is 0.389. The first kappa shape index (κ1) is 22.2. The third-order valence-corrected chi connectivity index (χ3v) is 7.09. The maximum atomic E-state index is 13.1. The molecule has 3 rings (SSSR count). The van der Waals surface area contributed by atoms with Gasteiger partial charge in [0.2, 0.25) is 16.0 Å². The molecule has 1 aromatic carbocycles. The van der Waals surface area contributed by atoms with Crippen LogP contribution in [-0.2, 0) is 19.6 Å². The second kappa shape index (κ2) is 8.34. The molecular weight excluding hydrogens is 432 g/mol. The van der Waals surface area contributed by atoms with Crippen molar-refractivity contribution in [2.75, 3.05) is 31.7 Å². The number of likely N-dealkylation sites (tertiary alicyclic amines) is 1. The summed E-state index contributed by atoms with van der Waals surface area (Å²) in [6.07, 6.45) is 3.51. The summed E-state index contributed by atoms with van der Waals surface area (Å²) >= 11 is 6.02. The van der Waals surface area contributed by atoms with E-state index in [1.165, 1.54) is 31.6 Å². The van der Waals surface area contributed by atoms with E-state index in [1.54, 1.807) is 6.07 Å². The van der Waals surface area contributed by atoms with E-state index in [-0.39, 0.29) is 4.90 Å². The molecule has 1 aliphatic rings. The van der Waals surface area contributed by atoms with Crippen LogP contribution < -0.4 is 14.9 Å². The molecule has 10 nitrogen and oxygen atoms in total. The van der Waals surface area contributed by atoms with Gasteiger partial charge in [-0.25, -0.2) is 12.8 Å². The zero-order valence-electron chi connectivity index (χ0n) is 16.6. The minimum atomic E-state index is -4.04. The molecule has 0 unspecified atom stereocenters. The molecule has 4 N–H and O–H groups in total. The van der Waals surface area contributed by atoms with Gasteiger partial charge in [0.15, 0.2) is 0 Å². The number of pyridine rings is 1. The standard InChI is InChI=1S/C18H23ClN6O4S/c1-24-7-5-18(6-8-24,16(26)29-2)23-30(27,28)13-3-4-14-12(9-13)10-22-11-15(14)25(19)17(20)21/h3-4,9-11,23H,5-8H2,1-2H3,(H3,20,21). The number of hydrogen-bond acceptors (Lipinski definition) is 7. The van der Waals surface area contributed by atoms with Gasteiger partial charge >= 0.3 is 5.97 Å². The molecule has 0 aliphatic carbocycles. The van der Waals surface area contributed by atoms with Crippen molar-refractivity contribution in [3.8, 4) is 0 Å². The highest BCUT2D eigenvalue weighted by Gasteiger charge is 2.45. The van der Waals surface area contributed by atoms with Crippen LogP contribution in [0.4, 0.5) is 5.69 Å². The van der Waals surface area contributed by atoms with Crippen molar-refractivity contribution in [3.63, 3.8) is 0 Å². The summed E-state index contributed by atoms with van der Waals surface area (Å²) in [5.74, 6) is -1.00. The monoisotopic (exact) mass is 454 g/mol. The lowest BCUT2D eigenvalue weighted by Crippen LogP contribution is -2.59. The van der Waals surface area contributed by atoms with Crippen LogP contribution in [-0.4, -0.2) is 63.0 Å². The van der Waals surface area contributed by atoms with Gasteiger partial charge in [0.1, 0.15) is 5.54 Å². The molecule has 1 fully saturated rings. The van der Waals surface area contributed by atoms with Crippen molar-refractivity contribution in [2.24, 2.45) is 5.73 Å². The molecule has 0 radical (unpaired) electrons. The number of carbonyl (C=O) groups is 1. The van der Waals surface area contributed by atoms with Crippen molar-refractivity contribution in [2.45, 2.75) is 23.3 Å². The summed E-state index contributed by atoms with van der Waals surface area (Å²) in [7, 11) is -0.892. The van der Waals surface area contributed by atoms with Crippen molar-refractivity contribution >= 4 is 50.2 Å². The summed E-state index contributed by atoms with van der Waals surface area (Å²) in [4.78, 5) is 18.5. The lowest BCUT2D eigenvalue weighted by Gasteiger charge is -2.38. The van der Waals surface area contributed by atoms with Gasteiger partial charge in [0.05, 0.1) is 23.9 Å². The quantitative estimate of drug-likeness (QED) is 0.263. The largest absolute Gasteiger partial charge is 0.468 e. The fourth-order valence-corrected chi connectivity index (χ4v) is 5.04. The lowest BCUT2D eigenvalue weighted by atomic mass is 9.89. The fourth-order valence-electron chi connectivity index (χ4n) is 3.45. The number of ether oxygens (including phenoxy) is 1. The molecule has 2 aromatic rings. The summed E-state index contributed by atoms with van der Waals surface area (Å²) in [5.41, 5.74) is 4.45. The molecule has 12 heteroatoms. The van der Waals surface area contributed by atoms with E-state index in [1.807, 2.05) is 11.9 Å². The van der Waals surface area contributed by atoms with Gasteiger partial charge in [0, 0.05) is 41.8 Å². The Hall–Kier alpha value is -2.47. The molecule has 0 atom stereocenters. The van der Waals surface area contributed by atoms with Gasteiger partial charge in [0.25, 0.3) is 0 Å². The topological polar surface area (TPSA) is 142 Å². The zero-order valence-corrected chi connectivity index (χ0v) is 18.1. The second-order valence-corrected chi connectivity index (χ2v) is 9.21. The number of hydrogen-bond donors (Lipinski definition) is 3. The number of rotatable bonds is 5. The van der Waals surface area contributed by atoms with Gasteiger partial charge in [-0.3, -0.25) is 15.2 Å². The van der Waals surface area contributed by atoms with E-state index < -0.39 is 27.5 Å². The summed E-state index contributed by atoms with van der Waals surface area (Å²) < 4.78 is 34.7. The Morgan fingerprint density at radius 3 is 2.63 bits per heavy atom. The Morgan fingerprint density at radius 1 is 1.37 bits per heavy atom. The molecule has 0 bridgehead atoms. The molecule has 0 amide bonds. The van der Waals surface area contributed by atoms with Gasteiger partial charge < -0.3 is 15.4 Å². The number of nitrogens with zero attached hydrogens (tertiary/aromatic N) is 3. The highest BCUT2D eigenvalue weighted by molar-refractivity contribution is 7.89. The molecule has 0 spiro atoms. The first-order valence-electron chi connectivity index (χ1n) is 9.08. The Bertz CT molecular complexity index is 1090. The number of guanidine groups is 1. The minimum Gasteiger partial charge on any atom is -0.468 e. The number of benzene rings is 1. The van der Waals surface area contributed by atoms with Gasteiger partial charge in [-0.05, 0) is 32.0 Å². The molecule has 1 aromatic heterocycles. The SMILES string of the molecule is COC(=O)C1(NS(=O)(=O)c2ccc3c(N(Cl)C(=N)N)cncc3c2)CCN(C)CC1. The van der Waals surface area contributed by atoms with Crippen molar-refractivity contribution in [1.29, 1.82) is 5.41 Å². The number of fused-ring (bicyclic) bond motifs is 1. The van der Waals surface area contributed by atoms with Crippen LogP contribution in [0.1, 0.15) is 12.8 Å². The number of anilines is 1. The van der Waals surface area contributed by atoms with Crippen LogP contribution in [0, 0.1) is 5.41 Å². The van der Waals surface area contributed by atoms with Gasteiger partial charge in [-0.15, -0.1) is 0 Å². The normalized spacial score (nSPS) is 16.9. The summed E-state index contributed by atoms with van der Waals surface area (Å²) in [5, 5.41) is 8.53. The number of piperidine rings is 1. The van der Waals surface area contributed by atoms with Crippen LogP contribution in [0.15, 0.2) is 35.5 Å². The first-order valence-corrected chi connectivity index (χ1v) is 10.9.